The van der Waals surface area contributed by atoms with Crippen LogP contribution in [0.4, 0.5) is 11.4 Å². The van der Waals surface area contributed by atoms with Gasteiger partial charge in [-0.15, -0.1) is 0 Å². The molecule has 5 nitrogen and oxygen atoms in total. The second-order valence-electron chi connectivity index (χ2n) is 6.20. The quantitative estimate of drug-likeness (QED) is 0.872. The Labute approximate surface area is 142 Å². The van der Waals surface area contributed by atoms with E-state index in [2.05, 4.69) is 36.6 Å². The number of benzene rings is 2. The Morgan fingerprint density at radius 2 is 1.79 bits per heavy atom. The fourth-order valence-electron chi connectivity index (χ4n) is 2.53. The molecule has 2 N–H and O–H groups in total. The summed E-state index contributed by atoms with van der Waals surface area (Å²) >= 11 is 0. The third-order valence-electron chi connectivity index (χ3n) is 3.97. The van der Waals surface area contributed by atoms with Crippen molar-refractivity contribution in [1.29, 1.82) is 0 Å². The van der Waals surface area contributed by atoms with E-state index in [1.54, 1.807) is 18.2 Å². The molecular weight excluding hydrogens is 304 g/mol. The minimum atomic E-state index is -0.363. The Morgan fingerprint density at radius 3 is 2.58 bits per heavy atom. The lowest BCUT2D eigenvalue weighted by molar-refractivity contribution is -0.116. The fraction of sp³-hybridized carbons (Fsp3) is 0.316. The summed E-state index contributed by atoms with van der Waals surface area (Å²) in [4.78, 5) is 12.4. The van der Waals surface area contributed by atoms with Crippen molar-refractivity contribution in [3.63, 3.8) is 0 Å². The Hall–Kier alpha value is -2.69. The van der Waals surface area contributed by atoms with Gasteiger partial charge in [-0.3, -0.25) is 4.79 Å². The molecule has 0 unspecified atom stereocenters. The van der Waals surface area contributed by atoms with E-state index in [9.17, 15) is 4.79 Å². The first-order valence-electron chi connectivity index (χ1n) is 8.10. The van der Waals surface area contributed by atoms with Gasteiger partial charge in [-0.2, -0.15) is 0 Å². The number of hydrogen-bond acceptors (Lipinski definition) is 4. The molecule has 5 heteroatoms. The number of amides is 1. The number of hydrogen-bond donors (Lipinski definition) is 2. The number of ether oxygens (including phenoxy) is 2. The highest BCUT2D eigenvalue weighted by Gasteiger charge is 2.17. The fourth-order valence-corrected chi connectivity index (χ4v) is 2.53. The lowest BCUT2D eigenvalue weighted by Gasteiger charge is -2.17. The Morgan fingerprint density at radius 1 is 1.00 bits per heavy atom. The number of anilines is 2. The zero-order valence-electron chi connectivity index (χ0n) is 14.1. The van der Waals surface area contributed by atoms with Gasteiger partial charge in [0.15, 0.2) is 11.5 Å². The van der Waals surface area contributed by atoms with Crippen molar-refractivity contribution in [2.45, 2.75) is 32.7 Å². The Balaban J connectivity index is 1.63. The van der Waals surface area contributed by atoms with Crippen molar-refractivity contribution in [3.05, 3.63) is 48.0 Å². The minimum absolute atomic E-state index is 0.108. The summed E-state index contributed by atoms with van der Waals surface area (Å²) in [7, 11) is 0. The molecule has 0 aromatic heterocycles. The number of fused-ring (bicyclic) bond motifs is 1. The Bertz CT molecular complexity index is 743. The van der Waals surface area contributed by atoms with Gasteiger partial charge in [0, 0.05) is 17.4 Å². The first kappa shape index (κ1) is 16.2. The third-order valence-corrected chi connectivity index (χ3v) is 3.97. The molecule has 1 atom stereocenters. The monoisotopic (exact) mass is 326 g/mol. The molecule has 0 fully saturated rings. The van der Waals surface area contributed by atoms with Crippen LogP contribution in [-0.4, -0.2) is 18.7 Å². The van der Waals surface area contributed by atoms with Crippen molar-refractivity contribution < 1.29 is 14.3 Å². The van der Waals surface area contributed by atoms with Crippen LogP contribution in [0.25, 0.3) is 0 Å². The predicted molar refractivity (Wildman–Crippen MR) is 94.8 cm³/mol. The van der Waals surface area contributed by atoms with Crippen LogP contribution in [0, 0.1) is 0 Å². The van der Waals surface area contributed by atoms with Crippen LogP contribution >= 0.6 is 0 Å². The lowest BCUT2D eigenvalue weighted by atomic mass is 10.0. The number of carbonyl (C=O) groups excluding carboxylic acids is 1. The van der Waals surface area contributed by atoms with Crippen LogP contribution < -0.4 is 20.1 Å². The normalized spacial score (nSPS) is 13.7. The molecular formula is C19H22N2O3. The zero-order chi connectivity index (χ0) is 17.1. The van der Waals surface area contributed by atoms with Gasteiger partial charge >= 0.3 is 0 Å². The van der Waals surface area contributed by atoms with E-state index >= 15 is 0 Å². The van der Waals surface area contributed by atoms with Gasteiger partial charge in [0.2, 0.25) is 12.7 Å². The van der Waals surface area contributed by atoms with Crippen LogP contribution in [-0.2, 0) is 4.79 Å². The van der Waals surface area contributed by atoms with Crippen LogP contribution in [0.2, 0.25) is 0 Å². The van der Waals surface area contributed by atoms with Gasteiger partial charge in [-0.25, -0.2) is 0 Å². The highest BCUT2D eigenvalue weighted by atomic mass is 16.7. The van der Waals surface area contributed by atoms with Crippen LogP contribution in [0.3, 0.4) is 0 Å². The summed E-state index contributed by atoms with van der Waals surface area (Å²) < 4.78 is 10.6. The maximum absolute atomic E-state index is 12.4. The third kappa shape index (κ3) is 3.62. The topological polar surface area (TPSA) is 59.6 Å². The molecule has 0 bridgehead atoms. The molecule has 1 aliphatic heterocycles. The van der Waals surface area contributed by atoms with Gasteiger partial charge < -0.3 is 20.1 Å². The molecule has 2 aromatic rings. The van der Waals surface area contributed by atoms with Crippen LogP contribution in [0.1, 0.15) is 32.3 Å². The maximum Gasteiger partial charge on any atom is 0.246 e. The second-order valence-corrected chi connectivity index (χ2v) is 6.20. The SMILES string of the molecule is CC(C)c1cccc(N[C@H](C)C(=O)Nc2ccc3c(c2)OCO3)c1. The molecule has 126 valence electrons. The molecule has 1 aliphatic rings. The molecule has 0 aliphatic carbocycles. The summed E-state index contributed by atoms with van der Waals surface area (Å²) in [6, 6.07) is 13.1. The Kier molecular flexibility index (Phi) is 4.60. The number of carbonyl (C=O) groups is 1. The molecule has 24 heavy (non-hydrogen) atoms. The summed E-state index contributed by atoms with van der Waals surface area (Å²) in [5, 5.41) is 6.13. The standard InChI is InChI=1S/C19H22N2O3/c1-12(2)14-5-4-6-15(9-14)20-13(3)19(22)21-16-7-8-17-18(10-16)24-11-23-17/h4-10,12-13,20H,11H2,1-3H3,(H,21,22)/t13-/m1/s1. The summed E-state index contributed by atoms with van der Waals surface area (Å²) in [5.41, 5.74) is 2.87. The van der Waals surface area contributed by atoms with E-state index in [1.807, 2.05) is 19.1 Å². The average Bonchev–Trinajstić information content (AvgIpc) is 3.02. The second kappa shape index (κ2) is 6.83. The summed E-state index contributed by atoms with van der Waals surface area (Å²) in [6.45, 7) is 6.35. The van der Waals surface area contributed by atoms with Gasteiger partial charge in [0.25, 0.3) is 0 Å². The van der Waals surface area contributed by atoms with Crippen molar-refractivity contribution in [1.82, 2.24) is 0 Å². The smallest absolute Gasteiger partial charge is 0.246 e. The van der Waals surface area contributed by atoms with E-state index in [0.717, 1.165) is 5.69 Å². The van der Waals surface area contributed by atoms with Crippen molar-refractivity contribution >= 4 is 17.3 Å². The minimum Gasteiger partial charge on any atom is -0.454 e. The van der Waals surface area contributed by atoms with Crippen LogP contribution in [0.5, 0.6) is 11.5 Å². The van der Waals surface area contributed by atoms with E-state index in [0.29, 0.717) is 23.1 Å². The number of nitrogens with one attached hydrogen (secondary N) is 2. The number of rotatable bonds is 5. The molecule has 0 spiro atoms. The lowest BCUT2D eigenvalue weighted by Crippen LogP contribution is -2.31. The molecule has 3 rings (SSSR count). The summed E-state index contributed by atoms with van der Waals surface area (Å²) in [5.74, 6) is 1.69. The van der Waals surface area contributed by atoms with E-state index in [4.69, 9.17) is 9.47 Å². The molecule has 0 saturated carbocycles. The largest absolute Gasteiger partial charge is 0.454 e. The highest BCUT2D eigenvalue weighted by molar-refractivity contribution is 5.96. The first-order valence-corrected chi connectivity index (χ1v) is 8.10. The van der Waals surface area contributed by atoms with Gasteiger partial charge in [-0.1, -0.05) is 26.0 Å². The first-order chi connectivity index (χ1) is 11.5. The van der Waals surface area contributed by atoms with Gasteiger partial charge in [-0.05, 0) is 42.7 Å². The van der Waals surface area contributed by atoms with Crippen LogP contribution in [0.15, 0.2) is 42.5 Å². The molecule has 2 aromatic carbocycles. The highest BCUT2D eigenvalue weighted by Crippen LogP contribution is 2.34. The van der Waals surface area contributed by atoms with Crippen molar-refractivity contribution in [3.8, 4) is 11.5 Å². The average molecular weight is 326 g/mol. The molecule has 0 saturated heterocycles. The zero-order valence-corrected chi connectivity index (χ0v) is 14.1. The van der Waals surface area contributed by atoms with Crippen molar-refractivity contribution in [2.24, 2.45) is 0 Å². The van der Waals surface area contributed by atoms with E-state index in [1.165, 1.54) is 5.56 Å². The molecule has 1 heterocycles. The van der Waals surface area contributed by atoms with Crippen molar-refractivity contribution in [2.75, 3.05) is 17.4 Å². The summed E-state index contributed by atoms with van der Waals surface area (Å²) in [6.07, 6.45) is 0. The van der Waals surface area contributed by atoms with E-state index in [-0.39, 0.29) is 18.7 Å². The van der Waals surface area contributed by atoms with E-state index < -0.39 is 0 Å². The van der Waals surface area contributed by atoms with Gasteiger partial charge in [0.1, 0.15) is 6.04 Å². The molecule has 0 radical (unpaired) electrons. The molecule has 1 amide bonds. The maximum atomic E-state index is 12.4. The predicted octanol–water partition coefficient (Wildman–Crippen LogP) is 3.98. The van der Waals surface area contributed by atoms with Gasteiger partial charge in [0.05, 0.1) is 0 Å².